The molecule has 2 rings (SSSR count). The number of rotatable bonds is 5. The molecule has 112 valence electrons. The molecule has 3 nitrogen and oxygen atoms in total. The van der Waals surface area contributed by atoms with E-state index in [2.05, 4.69) is 36.9 Å². The average molecular weight is 296 g/mol. The first-order valence-corrected chi connectivity index (χ1v) is 7.85. The standard InChI is InChI=1S/C16H26ClN3/c1-4-12(18)10-14-15(17)6-5-7-16(14)20-9-8-13(11-20)19(2)3/h5-7,12-13H,4,8-11,18H2,1-3H3. The van der Waals surface area contributed by atoms with E-state index in [9.17, 15) is 0 Å². The van der Waals surface area contributed by atoms with E-state index in [4.69, 9.17) is 17.3 Å². The number of nitrogens with zero attached hydrogens (tertiary/aromatic N) is 2. The first kappa shape index (κ1) is 15.6. The summed E-state index contributed by atoms with van der Waals surface area (Å²) in [5.41, 5.74) is 8.61. The second-order valence-corrected chi connectivity index (χ2v) is 6.37. The second-order valence-electron chi connectivity index (χ2n) is 5.96. The van der Waals surface area contributed by atoms with E-state index >= 15 is 0 Å². The third kappa shape index (κ3) is 3.46. The molecule has 1 aliphatic rings. The quantitative estimate of drug-likeness (QED) is 0.906. The van der Waals surface area contributed by atoms with Crippen LogP contribution in [0, 0.1) is 0 Å². The van der Waals surface area contributed by atoms with Crippen molar-refractivity contribution in [2.75, 3.05) is 32.1 Å². The molecule has 0 aromatic heterocycles. The van der Waals surface area contributed by atoms with Crippen LogP contribution in [0.25, 0.3) is 0 Å². The number of anilines is 1. The van der Waals surface area contributed by atoms with Gasteiger partial charge in [0, 0.05) is 35.9 Å². The lowest BCUT2D eigenvalue weighted by atomic mass is 10.0. The van der Waals surface area contributed by atoms with Gasteiger partial charge >= 0.3 is 0 Å². The predicted octanol–water partition coefficient (Wildman–Crippen LogP) is 2.76. The lowest BCUT2D eigenvalue weighted by Gasteiger charge is -2.25. The molecule has 20 heavy (non-hydrogen) atoms. The van der Waals surface area contributed by atoms with Gasteiger partial charge in [-0.1, -0.05) is 24.6 Å². The van der Waals surface area contributed by atoms with Crippen molar-refractivity contribution in [1.29, 1.82) is 0 Å². The van der Waals surface area contributed by atoms with E-state index in [1.54, 1.807) is 0 Å². The molecule has 4 heteroatoms. The van der Waals surface area contributed by atoms with Crippen LogP contribution in [0.2, 0.25) is 5.02 Å². The molecule has 0 bridgehead atoms. The Morgan fingerprint density at radius 1 is 1.45 bits per heavy atom. The van der Waals surface area contributed by atoms with Gasteiger partial charge < -0.3 is 15.5 Å². The van der Waals surface area contributed by atoms with E-state index in [0.717, 1.165) is 31.0 Å². The van der Waals surface area contributed by atoms with Crippen molar-refractivity contribution in [3.63, 3.8) is 0 Å². The fourth-order valence-corrected chi connectivity index (χ4v) is 3.08. The number of halogens is 1. The zero-order valence-corrected chi connectivity index (χ0v) is 13.5. The van der Waals surface area contributed by atoms with Crippen molar-refractivity contribution in [2.24, 2.45) is 5.73 Å². The van der Waals surface area contributed by atoms with Crippen LogP contribution >= 0.6 is 11.6 Å². The average Bonchev–Trinajstić information content (AvgIpc) is 2.90. The van der Waals surface area contributed by atoms with Crippen molar-refractivity contribution >= 4 is 17.3 Å². The Morgan fingerprint density at radius 3 is 2.80 bits per heavy atom. The van der Waals surface area contributed by atoms with Crippen molar-refractivity contribution in [2.45, 2.75) is 38.3 Å². The van der Waals surface area contributed by atoms with Crippen LogP contribution in [0.5, 0.6) is 0 Å². The minimum absolute atomic E-state index is 0.181. The van der Waals surface area contributed by atoms with Gasteiger partial charge in [0.1, 0.15) is 0 Å². The van der Waals surface area contributed by atoms with Crippen molar-refractivity contribution in [1.82, 2.24) is 4.90 Å². The van der Waals surface area contributed by atoms with Gasteiger partial charge in [-0.3, -0.25) is 0 Å². The Balaban J connectivity index is 2.21. The number of benzene rings is 1. The molecule has 2 N–H and O–H groups in total. The highest BCUT2D eigenvalue weighted by molar-refractivity contribution is 6.31. The predicted molar refractivity (Wildman–Crippen MR) is 87.7 cm³/mol. The summed E-state index contributed by atoms with van der Waals surface area (Å²) in [4.78, 5) is 4.76. The molecule has 0 amide bonds. The first-order valence-electron chi connectivity index (χ1n) is 7.47. The van der Waals surface area contributed by atoms with Gasteiger partial charge in [-0.15, -0.1) is 0 Å². The monoisotopic (exact) mass is 295 g/mol. The highest BCUT2D eigenvalue weighted by Gasteiger charge is 2.26. The Morgan fingerprint density at radius 2 is 2.20 bits per heavy atom. The SMILES string of the molecule is CCC(N)Cc1c(Cl)cccc1N1CCC(N(C)C)C1. The molecule has 1 heterocycles. The summed E-state index contributed by atoms with van der Waals surface area (Å²) < 4.78 is 0. The molecule has 0 aliphatic carbocycles. The molecule has 1 saturated heterocycles. The summed E-state index contributed by atoms with van der Waals surface area (Å²) >= 11 is 6.42. The zero-order valence-electron chi connectivity index (χ0n) is 12.8. The number of hydrogen-bond acceptors (Lipinski definition) is 3. The third-order valence-corrected chi connectivity index (χ3v) is 4.67. The van der Waals surface area contributed by atoms with Crippen LogP contribution in [0.4, 0.5) is 5.69 Å². The van der Waals surface area contributed by atoms with Gasteiger partial charge in [0.05, 0.1) is 0 Å². The topological polar surface area (TPSA) is 32.5 Å². The summed E-state index contributed by atoms with van der Waals surface area (Å²) in [7, 11) is 4.31. The Hall–Kier alpha value is -0.770. The molecule has 0 radical (unpaired) electrons. The lowest BCUT2D eigenvalue weighted by molar-refractivity contribution is 0.315. The van der Waals surface area contributed by atoms with Crippen LogP contribution < -0.4 is 10.6 Å². The summed E-state index contributed by atoms with van der Waals surface area (Å²) in [5.74, 6) is 0. The van der Waals surface area contributed by atoms with E-state index in [1.807, 2.05) is 12.1 Å². The highest BCUT2D eigenvalue weighted by atomic mass is 35.5. The smallest absolute Gasteiger partial charge is 0.0459 e. The van der Waals surface area contributed by atoms with E-state index in [0.29, 0.717) is 6.04 Å². The highest BCUT2D eigenvalue weighted by Crippen LogP contribution is 2.31. The molecule has 2 unspecified atom stereocenters. The third-order valence-electron chi connectivity index (χ3n) is 4.32. The van der Waals surface area contributed by atoms with Gasteiger partial charge in [-0.05, 0) is 51.1 Å². The largest absolute Gasteiger partial charge is 0.370 e. The molecule has 1 fully saturated rings. The van der Waals surface area contributed by atoms with Crippen LogP contribution in [-0.4, -0.2) is 44.2 Å². The van der Waals surface area contributed by atoms with Gasteiger partial charge in [0.15, 0.2) is 0 Å². The maximum absolute atomic E-state index is 6.42. The molecule has 2 atom stereocenters. The van der Waals surface area contributed by atoms with Crippen LogP contribution in [0.15, 0.2) is 18.2 Å². The summed E-state index contributed by atoms with van der Waals surface area (Å²) in [6.45, 7) is 4.29. The zero-order chi connectivity index (χ0) is 14.7. The van der Waals surface area contributed by atoms with Gasteiger partial charge in [0.25, 0.3) is 0 Å². The second kappa shape index (κ2) is 6.79. The summed E-state index contributed by atoms with van der Waals surface area (Å²) in [6.07, 6.45) is 3.04. The van der Waals surface area contributed by atoms with Gasteiger partial charge in [0.2, 0.25) is 0 Å². The van der Waals surface area contributed by atoms with Crippen molar-refractivity contribution in [3.05, 3.63) is 28.8 Å². The molecule has 1 aromatic carbocycles. The van der Waals surface area contributed by atoms with E-state index in [1.165, 1.54) is 17.7 Å². The lowest BCUT2D eigenvalue weighted by Crippen LogP contribution is -2.32. The van der Waals surface area contributed by atoms with Gasteiger partial charge in [-0.2, -0.15) is 0 Å². The van der Waals surface area contributed by atoms with Crippen LogP contribution in [-0.2, 0) is 6.42 Å². The Kier molecular flexibility index (Phi) is 5.30. The first-order chi connectivity index (χ1) is 9.52. The van der Waals surface area contributed by atoms with Crippen LogP contribution in [0.1, 0.15) is 25.3 Å². The van der Waals surface area contributed by atoms with E-state index in [-0.39, 0.29) is 6.04 Å². The molecular weight excluding hydrogens is 270 g/mol. The minimum Gasteiger partial charge on any atom is -0.370 e. The Bertz CT molecular complexity index is 447. The molecular formula is C16H26ClN3. The number of hydrogen-bond donors (Lipinski definition) is 1. The summed E-state index contributed by atoms with van der Waals surface area (Å²) in [6, 6.07) is 7.01. The maximum Gasteiger partial charge on any atom is 0.0459 e. The fourth-order valence-electron chi connectivity index (χ4n) is 2.83. The van der Waals surface area contributed by atoms with E-state index < -0.39 is 0 Å². The number of nitrogens with two attached hydrogens (primary N) is 1. The maximum atomic E-state index is 6.42. The Labute approximate surface area is 127 Å². The molecule has 0 saturated carbocycles. The van der Waals surface area contributed by atoms with Crippen molar-refractivity contribution in [3.8, 4) is 0 Å². The normalized spacial score (nSPS) is 20.7. The minimum atomic E-state index is 0.181. The molecule has 0 spiro atoms. The van der Waals surface area contributed by atoms with Gasteiger partial charge in [-0.25, -0.2) is 0 Å². The molecule has 1 aliphatic heterocycles. The summed E-state index contributed by atoms with van der Waals surface area (Å²) in [5, 5.41) is 0.847. The van der Waals surface area contributed by atoms with Crippen LogP contribution in [0.3, 0.4) is 0 Å². The fraction of sp³-hybridized carbons (Fsp3) is 0.625. The molecule has 1 aromatic rings. The number of likely N-dealkylation sites (N-methyl/N-ethyl adjacent to an activating group) is 1. The van der Waals surface area contributed by atoms with Crippen molar-refractivity contribution < 1.29 is 0 Å².